The number of hydrogen-bond acceptors (Lipinski definition) is 7. The van der Waals surface area contributed by atoms with Gasteiger partial charge in [0.15, 0.2) is 0 Å². The first kappa shape index (κ1) is 19.3. The second-order valence-electron chi connectivity index (χ2n) is 4.25. The summed E-state index contributed by atoms with van der Waals surface area (Å²) in [6, 6.07) is 5.48. The second-order valence-corrected chi connectivity index (χ2v) is 10.0. The van der Waals surface area contributed by atoms with Crippen molar-refractivity contribution in [1.29, 1.82) is 0 Å². The van der Waals surface area contributed by atoms with Crippen LogP contribution in [-0.2, 0) is 26.6 Å². The van der Waals surface area contributed by atoms with Crippen LogP contribution >= 0.6 is 0 Å². The van der Waals surface area contributed by atoms with E-state index in [1.807, 2.05) is 12.1 Å². The largest absolute Gasteiger partial charge is 0.540 e. The Balaban J connectivity index is 3.44. The van der Waals surface area contributed by atoms with E-state index in [4.69, 9.17) is 31.3 Å². The Morgan fingerprint density at radius 1 is 0.636 bits per heavy atom. The molecule has 1 aromatic rings. The van der Waals surface area contributed by atoms with Gasteiger partial charge in [-0.05, 0) is 6.07 Å². The highest BCUT2D eigenvalue weighted by Gasteiger charge is 2.46. The first-order valence-electron chi connectivity index (χ1n) is 6.52. The van der Waals surface area contributed by atoms with E-state index < -0.39 is 17.6 Å². The monoisotopic (exact) mass is 348 g/mol. The fourth-order valence-corrected chi connectivity index (χ4v) is 6.04. The van der Waals surface area contributed by atoms with Gasteiger partial charge in [-0.1, -0.05) is 12.1 Å². The van der Waals surface area contributed by atoms with Crippen molar-refractivity contribution in [3.05, 3.63) is 18.2 Å². The summed E-state index contributed by atoms with van der Waals surface area (Å²) in [5.41, 5.74) is 0. The van der Waals surface area contributed by atoms with Crippen LogP contribution in [0.5, 0.6) is 5.75 Å². The van der Waals surface area contributed by atoms with Gasteiger partial charge in [-0.3, -0.25) is 0 Å². The maximum absolute atomic E-state index is 5.50. The number of hydrogen-bond donors (Lipinski definition) is 0. The van der Waals surface area contributed by atoms with E-state index in [0.29, 0.717) is 5.75 Å². The van der Waals surface area contributed by atoms with Crippen molar-refractivity contribution in [3.8, 4) is 5.75 Å². The van der Waals surface area contributed by atoms with E-state index in [1.54, 1.807) is 55.8 Å². The molecule has 0 heterocycles. The third kappa shape index (κ3) is 3.26. The molecule has 0 saturated carbocycles. The summed E-state index contributed by atoms with van der Waals surface area (Å²) in [6.07, 6.45) is 0. The molecule has 9 heteroatoms. The molecular weight excluding hydrogens is 324 g/mol. The molecule has 0 atom stereocenters. The average molecular weight is 349 g/mol. The summed E-state index contributed by atoms with van der Waals surface area (Å²) in [4.78, 5) is 0. The molecule has 0 bridgehead atoms. The van der Waals surface area contributed by atoms with E-state index in [2.05, 4.69) is 0 Å². The van der Waals surface area contributed by atoms with Crippen LogP contribution in [0.25, 0.3) is 0 Å². The summed E-state index contributed by atoms with van der Waals surface area (Å²) in [6.45, 7) is 0. The van der Waals surface area contributed by atoms with Gasteiger partial charge in [-0.2, -0.15) is 0 Å². The van der Waals surface area contributed by atoms with Crippen LogP contribution < -0.4 is 15.1 Å². The molecule has 0 fully saturated rings. The van der Waals surface area contributed by atoms with Crippen LogP contribution in [0.4, 0.5) is 0 Å². The quantitative estimate of drug-likeness (QED) is 0.576. The molecule has 126 valence electrons. The average Bonchev–Trinajstić information content (AvgIpc) is 2.59. The summed E-state index contributed by atoms with van der Waals surface area (Å²) >= 11 is 0. The molecule has 22 heavy (non-hydrogen) atoms. The molecule has 1 aromatic carbocycles. The predicted molar refractivity (Wildman–Crippen MR) is 85.8 cm³/mol. The van der Waals surface area contributed by atoms with Gasteiger partial charge >= 0.3 is 17.6 Å². The molecule has 7 nitrogen and oxygen atoms in total. The van der Waals surface area contributed by atoms with Gasteiger partial charge in [0.05, 0.1) is 12.3 Å². The number of ether oxygens (including phenoxy) is 1. The molecule has 1 rings (SSSR count). The predicted octanol–water partition coefficient (Wildman–Crippen LogP) is -0.135. The smallest absolute Gasteiger partial charge is 0.497 e. The Hall–Kier alpha value is -0.786. The molecule has 0 aliphatic rings. The van der Waals surface area contributed by atoms with Gasteiger partial charge in [0.2, 0.25) is 0 Å². The van der Waals surface area contributed by atoms with Crippen molar-refractivity contribution in [3.63, 3.8) is 0 Å². The SMILES string of the molecule is COc1cc([Si](OC)(OC)OC)ccc1[Si](OC)(OC)OC. The molecular formula is C13H24O7Si2. The van der Waals surface area contributed by atoms with E-state index >= 15 is 0 Å². The molecule has 0 N–H and O–H groups in total. The van der Waals surface area contributed by atoms with Crippen molar-refractivity contribution in [1.82, 2.24) is 0 Å². The summed E-state index contributed by atoms with van der Waals surface area (Å²) in [7, 11) is 4.92. The molecule has 0 aliphatic carbocycles. The van der Waals surface area contributed by atoms with Gasteiger partial charge < -0.3 is 31.3 Å². The fourth-order valence-electron chi connectivity index (χ4n) is 2.32. The van der Waals surface area contributed by atoms with Gasteiger partial charge in [0.25, 0.3) is 0 Å². The molecule has 0 aliphatic heterocycles. The Kier molecular flexibility index (Phi) is 7.16. The van der Waals surface area contributed by atoms with Crippen molar-refractivity contribution in [2.45, 2.75) is 0 Å². The van der Waals surface area contributed by atoms with E-state index in [9.17, 15) is 0 Å². The first-order valence-corrected chi connectivity index (χ1v) is 9.97. The second kappa shape index (κ2) is 8.17. The van der Waals surface area contributed by atoms with Crippen LogP contribution in [0, 0.1) is 0 Å². The maximum Gasteiger partial charge on any atom is 0.540 e. The zero-order valence-corrected chi connectivity index (χ0v) is 16.1. The van der Waals surface area contributed by atoms with Crippen LogP contribution in [0.3, 0.4) is 0 Å². The summed E-state index contributed by atoms with van der Waals surface area (Å²) in [5.74, 6) is 0.567. The zero-order valence-electron chi connectivity index (χ0n) is 14.1. The van der Waals surface area contributed by atoms with Crippen LogP contribution in [0.1, 0.15) is 0 Å². The lowest BCUT2D eigenvalue weighted by Crippen LogP contribution is -2.58. The molecule has 0 unspecified atom stereocenters. The highest BCUT2D eigenvalue weighted by atomic mass is 28.4. The van der Waals surface area contributed by atoms with Crippen molar-refractivity contribution in [2.24, 2.45) is 0 Å². The number of rotatable bonds is 9. The van der Waals surface area contributed by atoms with Crippen molar-refractivity contribution in [2.75, 3.05) is 49.8 Å². The third-order valence-corrected chi connectivity index (χ3v) is 8.81. The maximum atomic E-state index is 5.50. The third-order valence-electron chi connectivity index (χ3n) is 3.50. The Labute approximate surface area is 133 Å². The fraction of sp³-hybridized carbons (Fsp3) is 0.538. The standard InChI is InChI=1S/C13H24O7Si2/c1-14-12-10-11(21(15-2,16-3)17-4)8-9-13(12)22(18-5,19-6)20-7/h8-10H,1-7H3. The highest BCUT2D eigenvalue weighted by Crippen LogP contribution is 2.17. The van der Waals surface area contributed by atoms with Crippen LogP contribution in [0.15, 0.2) is 18.2 Å². The summed E-state index contributed by atoms with van der Waals surface area (Å²) < 4.78 is 38.4. The molecule has 0 aromatic heterocycles. The zero-order chi connectivity index (χ0) is 16.8. The van der Waals surface area contributed by atoms with Gasteiger partial charge in [0.1, 0.15) is 5.75 Å². The lowest BCUT2D eigenvalue weighted by Gasteiger charge is -2.28. The number of benzene rings is 1. The van der Waals surface area contributed by atoms with E-state index in [0.717, 1.165) is 10.4 Å². The minimum Gasteiger partial charge on any atom is -0.497 e. The van der Waals surface area contributed by atoms with Crippen LogP contribution in [-0.4, -0.2) is 67.4 Å². The topological polar surface area (TPSA) is 64.6 Å². The molecule has 0 spiro atoms. The van der Waals surface area contributed by atoms with E-state index in [1.165, 1.54) is 0 Å². The van der Waals surface area contributed by atoms with Crippen molar-refractivity contribution < 1.29 is 31.3 Å². The Bertz CT molecular complexity index is 459. The molecule has 0 saturated heterocycles. The lowest BCUT2D eigenvalue weighted by atomic mass is 10.3. The minimum atomic E-state index is -3.00. The van der Waals surface area contributed by atoms with Gasteiger partial charge in [0, 0.05) is 47.8 Å². The lowest BCUT2D eigenvalue weighted by molar-refractivity contribution is 0.138. The summed E-state index contributed by atoms with van der Waals surface area (Å²) in [5, 5.41) is 1.49. The highest BCUT2D eigenvalue weighted by molar-refractivity contribution is 6.77. The Morgan fingerprint density at radius 2 is 1.09 bits per heavy atom. The Morgan fingerprint density at radius 3 is 1.45 bits per heavy atom. The molecule has 0 amide bonds. The van der Waals surface area contributed by atoms with E-state index in [-0.39, 0.29) is 0 Å². The van der Waals surface area contributed by atoms with Gasteiger partial charge in [-0.25, -0.2) is 0 Å². The molecule has 0 radical (unpaired) electrons. The van der Waals surface area contributed by atoms with Crippen LogP contribution in [0.2, 0.25) is 0 Å². The first-order chi connectivity index (χ1) is 10.5. The minimum absolute atomic E-state index is 0.567. The van der Waals surface area contributed by atoms with Crippen molar-refractivity contribution >= 4 is 28.0 Å². The normalized spacial score (nSPS) is 12.5. The number of methoxy groups -OCH3 is 1. The van der Waals surface area contributed by atoms with Gasteiger partial charge in [-0.15, -0.1) is 0 Å².